The van der Waals surface area contributed by atoms with Gasteiger partial charge < -0.3 is 10.9 Å². The molecule has 0 bridgehead atoms. The number of benzene rings is 2. The van der Waals surface area contributed by atoms with E-state index in [1.54, 1.807) is 42.5 Å². The highest BCUT2D eigenvalue weighted by Gasteiger charge is 2.25. The van der Waals surface area contributed by atoms with Crippen LogP contribution in [0.15, 0.2) is 60.8 Å². The maximum absolute atomic E-state index is 12.7. The molecule has 0 aliphatic carbocycles. The minimum absolute atomic E-state index is 0.0383. The minimum Gasteiger partial charge on any atom is -0.618 e. The van der Waals surface area contributed by atoms with Crippen molar-refractivity contribution in [3.63, 3.8) is 0 Å². The summed E-state index contributed by atoms with van der Waals surface area (Å²) in [6, 6.07) is 15.0. The van der Waals surface area contributed by atoms with Crippen molar-refractivity contribution in [2.24, 2.45) is 0 Å². The van der Waals surface area contributed by atoms with Crippen LogP contribution in [0.25, 0.3) is 11.3 Å². The molecule has 1 aromatic heterocycles. The van der Waals surface area contributed by atoms with E-state index in [-0.39, 0.29) is 32.8 Å². The van der Waals surface area contributed by atoms with Gasteiger partial charge in [0, 0.05) is 11.6 Å². The quantitative estimate of drug-likeness (QED) is 0.435. The number of pyridine rings is 1. The first-order chi connectivity index (χ1) is 11.5. The van der Waals surface area contributed by atoms with Gasteiger partial charge in [-0.25, -0.2) is 0 Å². The Morgan fingerprint density at radius 2 is 1.58 bits per heavy atom. The van der Waals surface area contributed by atoms with Crippen LogP contribution < -0.4 is 10.5 Å². The van der Waals surface area contributed by atoms with E-state index < -0.39 is 0 Å². The van der Waals surface area contributed by atoms with Crippen LogP contribution in [0.3, 0.4) is 0 Å². The van der Waals surface area contributed by atoms with Crippen molar-refractivity contribution in [1.29, 1.82) is 0 Å². The van der Waals surface area contributed by atoms with E-state index in [0.29, 0.717) is 15.9 Å². The SMILES string of the molecule is Nc1c(C(=O)c2ccccc2)cc[n+]([O-])c1-c1c(Cl)cccc1Cl. The maximum atomic E-state index is 12.7. The Morgan fingerprint density at radius 1 is 0.958 bits per heavy atom. The topological polar surface area (TPSA) is 70.0 Å². The van der Waals surface area contributed by atoms with E-state index in [0.717, 1.165) is 0 Å². The van der Waals surface area contributed by atoms with E-state index >= 15 is 0 Å². The van der Waals surface area contributed by atoms with Crippen LogP contribution in [0.4, 0.5) is 5.69 Å². The van der Waals surface area contributed by atoms with Crippen molar-refractivity contribution in [3.8, 4) is 11.3 Å². The zero-order valence-corrected chi connectivity index (χ0v) is 13.9. The number of hydrogen-bond acceptors (Lipinski definition) is 3. The molecule has 2 N–H and O–H groups in total. The molecule has 6 heteroatoms. The van der Waals surface area contributed by atoms with Gasteiger partial charge in [0.05, 0.1) is 21.2 Å². The number of aromatic nitrogens is 1. The molecular formula is C18H12Cl2N2O2. The molecule has 4 nitrogen and oxygen atoms in total. The second-order valence-corrected chi connectivity index (χ2v) is 5.92. The molecule has 3 rings (SSSR count). The number of nitrogens with zero attached hydrogens (tertiary/aromatic N) is 1. The number of rotatable bonds is 3. The Kier molecular flexibility index (Phi) is 4.42. The molecule has 0 fully saturated rings. The normalized spacial score (nSPS) is 10.6. The molecule has 0 spiro atoms. The van der Waals surface area contributed by atoms with Gasteiger partial charge in [-0.3, -0.25) is 4.79 Å². The van der Waals surface area contributed by atoms with Gasteiger partial charge in [-0.05, 0) is 12.1 Å². The summed E-state index contributed by atoms with van der Waals surface area (Å²) in [6.07, 6.45) is 1.22. The molecule has 0 aliphatic rings. The lowest BCUT2D eigenvalue weighted by Crippen LogP contribution is -2.31. The van der Waals surface area contributed by atoms with Gasteiger partial charge >= 0.3 is 0 Å². The third kappa shape index (κ3) is 2.82. The molecule has 0 aliphatic heterocycles. The maximum Gasteiger partial charge on any atom is 0.250 e. The monoisotopic (exact) mass is 358 g/mol. The molecule has 0 radical (unpaired) electrons. The van der Waals surface area contributed by atoms with Gasteiger partial charge in [0.2, 0.25) is 0 Å². The van der Waals surface area contributed by atoms with E-state index in [2.05, 4.69) is 0 Å². The van der Waals surface area contributed by atoms with Crippen LogP contribution in [0.2, 0.25) is 10.0 Å². The number of anilines is 1. The fraction of sp³-hybridized carbons (Fsp3) is 0. The largest absolute Gasteiger partial charge is 0.618 e. The zero-order chi connectivity index (χ0) is 17.3. The predicted octanol–water partition coefficient (Wildman–Crippen LogP) is 4.11. The Bertz CT molecular complexity index is 908. The summed E-state index contributed by atoms with van der Waals surface area (Å²) in [6.45, 7) is 0. The van der Waals surface area contributed by atoms with Crippen molar-refractivity contribution in [2.45, 2.75) is 0 Å². The number of nitrogen functional groups attached to an aromatic ring is 1. The highest BCUT2D eigenvalue weighted by Crippen LogP contribution is 2.36. The first-order valence-electron chi connectivity index (χ1n) is 7.06. The molecule has 0 saturated heterocycles. The molecule has 120 valence electrons. The van der Waals surface area contributed by atoms with Gasteiger partial charge in [-0.15, -0.1) is 0 Å². The number of carbonyl (C=O) groups excluding carboxylic acids is 1. The lowest BCUT2D eigenvalue weighted by molar-refractivity contribution is -0.593. The lowest BCUT2D eigenvalue weighted by Gasteiger charge is -2.13. The summed E-state index contributed by atoms with van der Waals surface area (Å²) in [5.74, 6) is -0.280. The summed E-state index contributed by atoms with van der Waals surface area (Å²) < 4.78 is 0.560. The highest BCUT2D eigenvalue weighted by molar-refractivity contribution is 6.39. The van der Waals surface area contributed by atoms with Crippen molar-refractivity contribution >= 4 is 34.7 Å². The lowest BCUT2D eigenvalue weighted by atomic mass is 9.99. The first-order valence-corrected chi connectivity index (χ1v) is 7.82. The Labute approximate surface area is 148 Å². The van der Waals surface area contributed by atoms with Crippen molar-refractivity contribution in [2.75, 3.05) is 5.73 Å². The molecular weight excluding hydrogens is 347 g/mol. The van der Waals surface area contributed by atoms with E-state index in [9.17, 15) is 10.0 Å². The molecule has 0 saturated carbocycles. The van der Waals surface area contributed by atoms with Gasteiger partial charge in [0.25, 0.3) is 5.69 Å². The van der Waals surface area contributed by atoms with Gasteiger partial charge in [0.15, 0.2) is 12.0 Å². The Hall–Kier alpha value is -2.56. The summed E-state index contributed by atoms with van der Waals surface area (Å²) in [5, 5.41) is 12.8. The molecule has 0 unspecified atom stereocenters. The van der Waals surface area contributed by atoms with Crippen LogP contribution >= 0.6 is 23.2 Å². The third-order valence-corrected chi connectivity index (χ3v) is 4.25. The van der Waals surface area contributed by atoms with Crippen LogP contribution in [0.1, 0.15) is 15.9 Å². The van der Waals surface area contributed by atoms with Gasteiger partial charge in [0.1, 0.15) is 5.69 Å². The fourth-order valence-corrected chi connectivity index (χ4v) is 3.04. The smallest absolute Gasteiger partial charge is 0.250 e. The van der Waals surface area contributed by atoms with Gasteiger partial charge in [-0.2, -0.15) is 4.73 Å². The average Bonchev–Trinajstić information content (AvgIpc) is 2.58. The number of ketones is 1. The fourth-order valence-electron chi connectivity index (χ4n) is 2.46. The van der Waals surface area contributed by atoms with Crippen LogP contribution in [-0.2, 0) is 0 Å². The predicted molar refractivity (Wildman–Crippen MR) is 95.1 cm³/mol. The summed E-state index contributed by atoms with van der Waals surface area (Å²) in [4.78, 5) is 12.7. The number of halogens is 2. The molecule has 0 amide bonds. The van der Waals surface area contributed by atoms with Crippen molar-refractivity contribution < 1.29 is 9.52 Å². The first kappa shape index (κ1) is 16.3. The number of nitrogens with two attached hydrogens (primary N) is 1. The molecule has 2 aromatic carbocycles. The summed E-state index contributed by atoms with van der Waals surface area (Å²) >= 11 is 12.4. The average molecular weight is 359 g/mol. The molecule has 3 aromatic rings. The van der Waals surface area contributed by atoms with Crippen LogP contribution in [0.5, 0.6) is 0 Å². The Morgan fingerprint density at radius 3 is 2.21 bits per heavy atom. The van der Waals surface area contributed by atoms with Crippen molar-refractivity contribution in [1.82, 2.24) is 0 Å². The van der Waals surface area contributed by atoms with E-state index in [4.69, 9.17) is 28.9 Å². The van der Waals surface area contributed by atoms with Gasteiger partial charge in [-0.1, -0.05) is 59.6 Å². The molecule has 0 atom stereocenters. The van der Waals surface area contributed by atoms with Crippen molar-refractivity contribution in [3.05, 3.63) is 87.2 Å². The number of carbonyl (C=O) groups is 1. The highest BCUT2D eigenvalue weighted by atomic mass is 35.5. The summed E-state index contributed by atoms with van der Waals surface area (Å²) in [5.41, 5.74) is 7.23. The minimum atomic E-state index is -0.280. The summed E-state index contributed by atoms with van der Waals surface area (Å²) in [7, 11) is 0. The van der Waals surface area contributed by atoms with E-state index in [1.807, 2.05) is 6.07 Å². The number of hydrogen-bond donors (Lipinski definition) is 1. The standard InChI is InChI=1S/C18H12Cl2N2O2/c19-13-7-4-8-14(20)15(13)17-16(21)12(9-10-22(17)24)18(23)11-5-2-1-3-6-11/h1-10H,21H2. The zero-order valence-electron chi connectivity index (χ0n) is 12.4. The second kappa shape index (κ2) is 6.51. The molecule has 1 heterocycles. The molecule has 24 heavy (non-hydrogen) atoms. The van der Waals surface area contributed by atoms with Crippen LogP contribution in [0, 0.1) is 5.21 Å². The second-order valence-electron chi connectivity index (χ2n) is 5.11. The third-order valence-electron chi connectivity index (χ3n) is 3.62. The van der Waals surface area contributed by atoms with E-state index in [1.165, 1.54) is 12.3 Å². The Balaban J connectivity index is 2.22. The van der Waals surface area contributed by atoms with Crippen LogP contribution in [-0.4, -0.2) is 5.78 Å².